The van der Waals surface area contributed by atoms with Crippen molar-refractivity contribution >= 4 is 70.6 Å². The highest BCUT2D eigenvalue weighted by molar-refractivity contribution is 7.26. The van der Waals surface area contributed by atoms with Gasteiger partial charge in [0.2, 0.25) is 0 Å². The number of para-hydroxylation sites is 1. The Hall–Kier alpha value is -6.36. The summed E-state index contributed by atoms with van der Waals surface area (Å²) in [6.45, 7) is 8.65. The van der Waals surface area contributed by atoms with E-state index in [1.807, 2.05) is 24.5 Å². The maximum absolute atomic E-state index is 6.90. The molecule has 298 valence electrons. The zero-order valence-electron chi connectivity index (χ0n) is 35.3. The maximum Gasteiger partial charge on any atom is 0.154 e. The van der Waals surface area contributed by atoms with Gasteiger partial charge in [0, 0.05) is 65.7 Å². The molecule has 2 heterocycles. The molecule has 0 spiro atoms. The molecule has 0 aliphatic heterocycles. The summed E-state index contributed by atoms with van der Waals surface area (Å²) in [5.41, 5.74) is 10.2. The van der Waals surface area contributed by atoms with Gasteiger partial charge >= 0.3 is 0 Å². The van der Waals surface area contributed by atoms with Crippen LogP contribution in [-0.2, 0) is 0 Å². The highest BCUT2D eigenvalue weighted by Crippen LogP contribution is 2.45. The van der Waals surface area contributed by atoms with Crippen LogP contribution in [0, 0.1) is 5.41 Å². The molecule has 0 saturated heterocycles. The third-order valence-electron chi connectivity index (χ3n) is 11.3. The monoisotopic (exact) mass is 800 g/mol. The number of thiophene rings is 1. The molecule has 0 amide bonds. The van der Waals surface area contributed by atoms with Crippen molar-refractivity contribution in [1.82, 2.24) is 0 Å². The Balaban J connectivity index is 1.27. The van der Waals surface area contributed by atoms with Gasteiger partial charge in [0.25, 0.3) is 0 Å². The molecule has 5 aromatic carbocycles. The van der Waals surface area contributed by atoms with E-state index in [4.69, 9.17) is 14.4 Å². The molecule has 7 aromatic rings. The fourth-order valence-electron chi connectivity index (χ4n) is 8.17. The summed E-state index contributed by atoms with van der Waals surface area (Å²) >= 11 is 1.84. The zero-order chi connectivity index (χ0) is 41.5. The highest BCUT2D eigenvalue weighted by Gasteiger charge is 2.26. The molecule has 0 bridgehead atoms. The first kappa shape index (κ1) is 40.4. The Labute approximate surface area is 358 Å². The van der Waals surface area contributed by atoms with Gasteiger partial charge in [0.1, 0.15) is 11.2 Å². The van der Waals surface area contributed by atoms with Gasteiger partial charge in [-0.2, -0.15) is 0 Å². The van der Waals surface area contributed by atoms with Crippen molar-refractivity contribution in [1.29, 1.82) is 0 Å². The van der Waals surface area contributed by atoms with Crippen LogP contribution >= 0.6 is 11.3 Å². The molecule has 1 aliphatic carbocycles. The average Bonchev–Trinajstić information content (AvgIpc) is 3.87. The maximum atomic E-state index is 6.90. The molecule has 60 heavy (non-hydrogen) atoms. The smallest absolute Gasteiger partial charge is 0.154 e. The third-order valence-corrected chi connectivity index (χ3v) is 12.6. The highest BCUT2D eigenvalue weighted by atomic mass is 32.1. The van der Waals surface area contributed by atoms with E-state index in [0.717, 1.165) is 75.6 Å². The van der Waals surface area contributed by atoms with Crippen LogP contribution < -0.4 is 0 Å². The zero-order valence-corrected chi connectivity index (χ0v) is 36.1. The fourth-order valence-corrected chi connectivity index (χ4v) is 9.40. The minimum absolute atomic E-state index is 0.0633. The number of aliphatic imine (C=N–C) groups is 2. The second-order valence-corrected chi connectivity index (χ2v) is 16.6. The normalized spacial score (nSPS) is 17.2. The van der Waals surface area contributed by atoms with E-state index in [-0.39, 0.29) is 5.41 Å². The lowest BCUT2D eigenvalue weighted by Crippen LogP contribution is -2.16. The molecule has 8 rings (SSSR count). The molecule has 0 N–H and O–H groups in total. The van der Waals surface area contributed by atoms with Crippen LogP contribution in [0.4, 0.5) is 0 Å². The lowest BCUT2D eigenvalue weighted by Gasteiger charge is -2.25. The number of fused-ring (bicyclic) bond motifs is 6. The van der Waals surface area contributed by atoms with Crippen molar-refractivity contribution in [3.05, 3.63) is 198 Å². The second-order valence-electron chi connectivity index (χ2n) is 15.6. The summed E-state index contributed by atoms with van der Waals surface area (Å²) in [5.74, 6) is 0.676. The predicted molar refractivity (Wildman–Crippen MR) is 263 cm³/mol. The first-order valence-corrected chi connectivity index (χ1v) is 22.0. The average molecular weight is 801 g/mol. The third kappa shape index (κ3) is 8.26. The topological polar surface area (TPSA) is 37.9 Å². The number of unbranched alkanes of at least 4 members (excludes halogenated alkanes) is 1. The van der Waals surface area contributed by atoms with Crippen LogP contribution in [0.5, 0.6) is 0 Å². The predicted octanol–water partition coefficient (Wildman–Crippen LogP) is 16.2. The Bertz CT molecular complexity index is 2970. The minimum Gasteiger partial charge on any atom is -0.455 e. The van der Waals surface area contributed by atoms with Crippen LogP contribution in [0.2, 0.25) is 0 Å². The quantitative estimate of drug-likeness (QED) is 0.0525. The van der Waals surface area contributed by atoms with E-state index in [1.165, 1.54) is 36.9 Å². The van der Waals surface area contributed by atoms with Gasteiger partial charge in [-0.15, -0.1) is 11.3 Å². The number of nitrogens with zero attached hydrogens (tertiary/aromatic N) is 2. The summed E-state index contributed by atoms with van der Waals surface area (Å²) < 4.78 is 9.44. The summed E-state index contributed by atoms with van der Waals surface area (Å²) in [6, 6.07) is 38.7. The number of hydrogen-bond acceptors (Lipinski definition) is 3. The standard InChI is InChI=1S/C56H52N2OS/c1-6-9-19-36-56(4)37-34-42(35-38-56)52(58-55(57-5)39(8-3)22-13-14-25-40(21-7-2)41-23-11-10-12-24-41)48-33-32-44(53-51(48)47-27-15-17-30-49(47)59-53)46-29-20-28-45-43-26-16-18-31-50(43)60-54(45)46/h7-8,10-13,15-37H,6,9,14,38H2,1-5H3/b21-7-,22-13-,36-19-,39-8+,40-25+,57-55-,58-52-. The Morgan fingerprint density at radius 1 is 0.817 bits per heavy atom. The molecular weight excluding hydrogens is 749 g/mol. The minimum atomic E-state index is -0.0633. The molecule has 4 heteroatoms. The van der Waals surface area contributed by atoms with Crippen molar-refractivity contribution < 1.29 is 4.42 Å². The second kappa shape index (κ2) is 18.3. The molecule has 1 atom stereocenters. The van der Waals surface area contributed by atoms with Crippen LogP contribution in [-0.4, -0.2) is 18.6 Å². The molecule has 0 fully saturated rings. The van der Waals surface area contributed by atoms with Gasteiger partial charge < -0.3 is 4.42 Å². The first-order valence-electron chi connectivity index (χ1n) is 21.1. The van der Waals surface area contributed by atoms with Crippen LogP contribution in [0.25, 0.3) is 58.8 Å². The molecule has 1 unspecified atom stereocenters. The van der Waals surface area contributed by atoms with E-state index in [0.29, 0.717) is 5.84 Å². The lowest BCUT2D eigenvalue weighted by atomic mass is 9.79. The van der Waals surface area contributed by atoms with E-state index >= 15 is 0 Å². The van der Waals surface area contributed by atoms with Crippen molar-refractivity contribution in [3.63, 3.8) is 0 Å². The molecular formula is C56H52N2OS. The van der Waals surface area contributed by atoms with Crippen molar-refractivity contribution in [2.24, 2.45) is 15.4 Å². The van der Waals surface area contributed by atoms with Gasteiger partial charge in [0.05, 0.1) is 5.71 Å². The molecule has 0 radical (unpaired) electrons. The SMILES string of the molecule is C/C=C\C(=C/C\C=C/C(=C\C)C(=N/C)/N=C(/C1=CCC(C)(/C=C\CCC)C=C1)c1ccc(-c2cccc3c2sc2ccccc23)c2oc3ccccc3c12)c1ccccc1. The van der Waals surface area contributed by atoms with Gasteiger partial charge in [-0.1, -0.05) is 178 Å². The van der Waals surface area contributed by atoms with E-state index in [1.54, 1.807) is 0 Å². The number of hydrogen-bond donors (Lipinski definition) is 0. The largest absolute Gasteiger partial charge is 0.455 e. The summed E-state index contributed by atoms with van der Waals surface area (Å²) in [5, 5.41) is 4.67. The van der Waals surface area contributed by atoms with Gasteiger partial charge in [-0.05, 0) is 68.0 Å². The van der Waals surface area contributed by atoms with Crippen LogP contribution in [0.15, 0.2) is 202 Å². The number of allylic oxidation sites excluding steroid dienone is 12. The fraction of sp³-hybridized carbons (Fsp3) is 0.179. The van der Waals surface area contributed by atoms with Crippen molar-refractivity contribution in [2.45, 2.75) is 53.4 Å². The molecule has 1 aliphatic rings. The summed E-state index contributed by atoms with van der Waals surface area (Å²) in [7, 11) is 1.84. The Morgan fingerprint density at radius 2 is 1.60 bits per heavy atom. The number of amidine groups is 1. The van der Waals surface area contributed by atoms with Crippen molar-refractivity contribution in [2.75, 3.05) is 7.05 Å². The van der Waals surface area contributed by atoms with E-state index in [2.05, 4.69) is 198 Å². The Kier molecular flexibility index (Phi) is 12.3. The summed E-state index contributed by atoms with van der Waals surface area (Å²) in [4.78, 5) is 10.4. The van der Waals surface area contributed by atoms with Gasteiger partial charge in [0.15, 0.2) is 5.84 Å². The molecule has 0 saturated carbocycles. The van der Waals surface area contributed by atoms with Gasteiger partial charge in [-0.25, -0.2) is 4.99 Å². The first-order chi connectivity index (χ1) is 29.4. The molecule has 3 nitrogen and oxygen atoms in total. The van der Waals surface area contributed by atoms with Crippen LogP contribution in [0.3, 0.4) is 0 Å². The van der Waals surface area contributed by atoms with E-state index in [9.17, 15) is 0 Å². The Morgan fingerprint density at radius 3 is 2.37 bits per heavy atom. The van der Waals surface area contributed by atoms with Crippen LogP contribution in [0.1, 0.15) is 64.5 Å². The lowest BCUT2D eigenvalue weighted by molar-refractivity contribution is 0.553. The summed E-state index contributed by atoms with van der Waals surface area (Å²) in [6.07, 6.45) is 28.5. The number of furan rings is 1. The van der Waals surface area contributed by atoms with Gasteiger partial charge in [-0.3, -0.25) is 4.99 Å². The molecule has 2 aromatic heterocycles. The number of benzene rings is 5. The van der Waals surface area contributed by atoms with Crippen molar-refractivity contribution in [3.8, 4) is 11.1 Å². The number of rotatable bonds is 12. The van der Waals surface area contributed by atoms with E-state index < -0.39 is 0 Å².